The van der Waals surface area contributed by atoms with Gasteiger partial charge >= 0.3 is 0 Å². The standard InChI is InChI=1S/C25H26ClN3O3/c1-25(24(31)27-18-8-3-4-9-18)16-28-20(22-11-6-14-32-22)12-13-21(28)23(30)29(25)15-17-7-2-5-10-19(17)26/h2,5-7,10-14,18H,3-4,8-9,15-16H2,1H3,(H,27,31)/t25-/m0/s1. The first kappa shape index (κ1) is 20.9. The van der Waals surface area contributed by atoms with Crippen LogP contribution in [-0.4, -0.2) is 32.9 Å². The number of carbonyl (C=O) groups excluding carboxylic acids is 2. The molecule has 0 saturated heterocycles. The third kappa shape index (κ3) is 3.52. The summed E-state index contributed by atoms with van der Waals surface area (Å²) in [6.07, 6.45) is 5.80. The van der Waals surface area contributed by atoms with Gasteiger partial charge in [-0.3, -0.25) is 9.59 Å². The van der Waals surface area contributed by atoms with Crippen LogP contribution in [0.5, 0.6) is 0 Å². The second kappa shape index (κ2) is 8.17. The first-order valence-electron chi connectivity index (χ1n) is 11.1. The zero-order chi connectivity index (χ0) is 22.3. The van der Waals surface area contributed by atoms with Crippen LogP contribution in [-0.2, 0) is 17.9 Å². The highest BCUT2D eigenvalue weighted by atomic mass is 35.5. The number of nitrogens with zero attached hydrogens (tertiary/aromatic N) is 2. The summed E-state index contributed by atoms with van der Waals surface area (Å²) in [5, 5.41) is 3.79. The van der Waals surface area contributed by atoms with Crippen molar-refractivity contribution in [1.29, 1.82) is 0 Å². The normalized spacial score (nSPS) is 21.1. The first-order valence-corrected chi connectivity index (χ1v) is 11.4. The molecule has 2 aromatic heterocycles. The SMILES string of the molecule is C[C@@]1(C(=O)NC2CCCC2)Cn2c(ccc2-c2ccco2)C(=O)N1Cc1ccccc1Cl. The molecule has 7 heteroatoms. The van der Waals surface area contributed by atoms with Gasteiger partial charge in [0.15, 0.2) is 0 Å². The number of halogens is 1. The molecule has 1 aliphatic heterocycles. The quantitative estimate of drug-likeness (QED) is 0.601. The van der Waals surface area contributed by atoms with E-state index in [1.54, 1.807) is 23.3 Å². The van der Waals surface area contributed by atoms with Crippen LogP contribution >= 0.6 is 11.6 Å². The lowest BCUT2D eigenvalue weighted by atomic mass is 9.93. The number of nitrogens with one attached hydrogen (secondary N) is 1. The molecule has 5 rings (SSSR count). The fourth-order valence-corrected chi connectivity index (χ4v) is 5.06. The molecule has 2 amide bonds. The molecule has 1 N–H and O–H groups in total. The molecule has 3 heterocycles. The number of rotatable bonds is 5. The maximum atomic E-state index is 13.7. The molecule has 32 heavy (non-hydrogen) atoms. The van der Waals surface area contributed by atoms with Gasteiger partial charge in [0.25, 0.3) is 5.91 Å². The van der Waals surface area contributed by atoms with Crippen LogP contribution in [0.25, 0.3) is 11.5 Å². The van der Waals surface area contributed by atoms with E-state index in [1.165, 1.54) is 0 Å². The molecule has 1 aromatic carbocycles. The van der Waals surface area contributed by atoms with E-state index in [2.05, 4.69) is 5.32 Å². The summed E-state index contributed by atoms with van der Waals surface area (Å²) in [5.74, 6) is 0.342. The second-order valence-corrected chi connectivity index (χ2v) is 9.29. The Labute approximate surface area is 192 Å². The smallest absolute Gasteiger partial charge is 0.271 e. The molecule has 0 bridgehead atoms. The Morgan fingerprint density at radius 3 is 2.59 bits per heavy atom. The lowest BCUT2D eigenvalue weighted by Gasteiger charge is -2.44. The van der Waals surface area contributed by atoms with Crippen LogP contribution in [0, 0.1) is 0 Å². The van der Waals surface area contributed by atoms with Crippen LogP contribution in [0.3, 0.4) is 0 Å². The lowest BCUT2D eigenvalue weighted by Crippen LogP contribution is -2.64. The maximum Gasteiger partial charge on any atom is 0.271 e. The zero-order valence-electron chi connectivity index (χ0n) is 18.0. The van der Waals surface area contributed by atoms with Gasteiger partial charge in [-0.05, 0) is 55.7 Å². The lowest BCUT2D eigenvalue weighted by molar-refractivity contribution is -0.133. The van der Waals surface area contributed by atoms with Crippen LogP contribution < -0.4 is 5.32 Å². The number of benzene rings is 1. The highest BCUT2D eigenvalue weighted by molar-refractivity contribution is 6.31. The van der Waals surface area contributed by atoms with E-state index >= 15 is 0 Å². The summed E-state index contributed by atoms with van der Waals surface area (Å²) in [6.45, 7) is 2.44. The number of hydrogen-bond donors (Lipinski definition) is 1. The van der Waals surface area contributed by atoms with Gasteiger partial charge in [0.1, 0.15) is 17.0 Å². The molecule has 1 atom stereocenters. The van der Waals surface area contributed by atoms with Crippen molar-refractivity contribution in [2.45, 2.75) is 57.3 Å². The monoisotopic (exact) mass is 451 g/mol. The highest BCUT2D eigenvalue weighted by Crippen LogP contribution is 2.35. The molecule has 166 valence electrons. The first-order chi connectivity index (χ1) is 15.5. The number of hydrogen-bond acceptors (Lipinski definition) is 3. The van der Waals surface area contributed by atoms with E-state index in [9.17, 15) is 9.59 Å². The molecule has 3 aromatic rings. The minimum atomic E-state index is -1.08. The van der Waals surface area contributed by atoms with Crippen molar-refractivity contribution < 1.29 is 14.0 Å². The number of fused-ring (bicyclic) bond motifs is 1. The van der Waals surface area contributed by atoms with Gasteiger partial charge in [-0.1, -0.05) is 42.6 Å². The van der Waals surface area contributed by atoms with E-state index in [4.69, 9.17) is 16.0 Å². The molecule has 6 nitrogen and oxygen atoms in total. The molecule has 1 fully saturated rings. The number of carbonyl (C=O) groups is 2. The zero-order valence-corrected chi connectivity index (χ0v) is 18.8. The molecular formula is C25H26ClN3O3. The van der Waals surface area contributed by atoms with Gasteiger partial charge in [0, 0.05) is 17.6 Å². The van der Waals surface area contributed by atoms with Gasteiger partial charge in [0.05, 0.1) is 18.5 Å². The fourth-order valence-electron chi connectivity index (χ4n) is 4.87. The Morgan fingerprint density at radius 2 is 1.88 bits per heavy atom. The molecule has 0 spiro atoms. The van der Waals surface area contributed by atoms with Gasteiger partial charge in [0.2, 0.25) is 5.91 Å². The third-order valence-corrected chi connectivity index (χ3v) is 7.11. The summed E-state index contributed by atoms with van der Waals surface area (Å²) >= 11 is 6.42. The Kier molecular flexibility index (Phi) is 5.33. The van der Waals surface area contributed by atoms with Crippen LogP contribution in [0.1, 0.15) is 48.7 Å². The summed E-state index contributed by atoms with van der Waals surface area (Å²) in [5.41, 5.74) is 1.06. The topological polar surface area (TPSA) is 67.5 Å². The van der Waals surface area contributed by atoms with E-state index in [-0.39, 0.29) is 24.4 Å². The van der Waals surface area contributed by atoms with Crippen LogP contribution in [0.2, 0.25) is 5.02 Å². The van der Waals surface area contributed by atoms with E-state index in [0.717, 1.165) is 36.9 Å². The summed E-state index contributed by atoms with van der Waals surface area (Å²) in [4.78, 5) is 29.1. The highest BCUT2D eigenvalue weighted by Gasteiger charge is 2.48. The Hall–Kier alpha value is -2.99. The average molecular weight is 452 g/mol. The molecule has 0 radical (unpaired) electrons. The second-order valence-electron chi connectivity index (χ2n) is 8.88. The Morgan fingerprint density at radius 1 is 1.12 bits per heavy atom. The van der Waals surface area contributed by atoms with Crippen molar-refractivity contribution in [2.75, 3.05) is 0 Å². The van der Waals surface area contributed by atoms with Crippen LogP contribution in [0.15, 0.2) is 59.2 Å². The summed E-state index contributed by atoms with van der Waals surface area (Å²) < 4.78 is 7.49. The van der Waals surface area contributed by atoms with E-state index < -0.39 is 5.54 Å². The maximum absolute atomic E-state index is 13.7. The molecular weight excluding hydrogens is 426 g/mol. The molecule has 0 unspecified atom stereocenters. The predicted molar refractivity (Wildman–Crippen MR) is 122 cm³/mol. The van der Waals surface area contributed by atoms with Crippen molar-refractivity contribution in [3.05, 3.63) is 71.1 Å². The third-order valence-electron chi connectivity index (χ3n) is 6.75. The van der Waals surface area contributed by atoms with Crippen molar-refractivity contribution in [1.82, 2.24) is 14.8 Å². The Balaban J connectivity index is 1.56. The van der Waals surface area contributed by atoms with Gasteiger partial charge in [-0.25, -0.2) is 0 Å². The Bertz CT molecular complexity index is 1150. The van der Waals surface area contributed by atoms with Crippen LogP contribution in [0.4, 0.5) is 0 Å². The predicted octanol–water partition coefficient (Wildman–Crippen LogP) is 4.88. The molecule has 1 aliphatic carbocycles. The van der Waals surface area contributed by atoms with Gasteiger partial charge < -0.3 is 19.2 Å². The molecule has 2 aliphatic rings. The number of amides is 2. The minimum Gasteiger partial charge on any atom is -0.463 e. The van der Waals surface area contributed by atoms with Crippen molar-refractivity contribution >= 4 is 23.4 Å². The van der Waals surface area contributed by atoms with E-state index in [1.807, 2.05) is 47.9 Å². The number of aromatic nitrogens is 1. The van der Waals surface area contributed by atoms with Crippen molar-refractivity contribution in [2.24, 2.45) is 0 Å². The van der Waals surface area contributed by atoms with Gasteiger partial charge in [-0.2, -0.15) is 0 Å². The van der Waals surface area contributed by atoms with Crippen molar-refractivity contribution in [3.63, 3.8) is 0 Å². The van der Waals surface area contributed by atoms with Crippen molar-refractivity contribution in [3.8, 4) is 11.5 Å². The number of furan rings is 1. The van der Waals surface area contributed by atoms with E-state index in [0.29, 0.717) is 23.0 Å². The minimum absolute atomic E-state index is 0.130. The molecule has 1 saturated carbocycles. The van der Waals surface area contributed by atoms with Gasteiger partial charge in [-0.15, -0.1) is 0 Å². The summed E-state index contributed by atoms with van der Waals surface area (Å²) in [6, 6.07) is 15.0. The summed E-state index contributed by atoms with van der Waals surface area (Å²) in [7, 11) is 0. The average Bonchev–Trinajstić information content (AvgIpc) is 3.54. The largest absolute Gasteiger partial charge is 0.463 e. The fraction of sp³-hybridized carbons (Fsp3) is 0.360.